The summed E-state index contributed by atoms with van der Waals surface area (Å²) in [5, 5.41) is 42.7. The van der Waals surface area contributed by atoms with E-state index < -0.39 is 47.8 Å². The van der Waals surface area contributed by atoms with E-state index in [2.05, 4.69) is 10.6 Å². The molecule has 0 aliphatic carbocycles. The van der Waals surface area contributed by atoms with Gasteiger partial charge in [0, 0.05) is 17.7 Å². The van der Waals surface area contributed by atoms with Crippen molar-refractivity contribution in [2.24, 2.45) is 5.73 Å². The molecule has 0 aliphatic heterocycles. The number of carboxylic acid groups (broad SMARTS) is 2. The van der Waals surface area contributed by atoms with Crippen molar-refractivity contribution in [1.29, 1.82) is 0 Å². The summed E-state index contributed by atoms with van der Waals surface area (Å²) in [7, 11) is 0. The number of carboxylic acids is 2. The number of rotatable bonds is 11. The Morgan fingerprint density at radius 1 is 1.09 bits per heavy atom. The van der Waals surface area contributed by atoms with Crippen LogP contribution in [0.1, 0.15) is 39.2 Å². The van der Waals surface area contributed by atoms with Gasteiger partial charge in [0.15, 0.2) is 0 Å². The van der Waals surface area contributed by atoms with Gasteiger partial charge in [-0.3, -0.25) is 19.2 Å². The maximum atomic E-state index is 12.4. The van der Waals surface area contributed by atoms with Gasteiger partial charge in [-0.2, -0.15) is 0 Å². The van der Waals surface area contributed by atoms with Crippen LogP contribution in [0.5, 0.6) is 11.5 Å². The van der Waals surface area contributed by atoms with Crippen molar-refractivity contribution in [2.45, 2.75) is 56.0 Å². The van der Waals surface area contributed by atoms with Crippen molar-refractivity contribution in [3.8, 4) is 11.5 Å². The lowest BCUT2D eigenvalue weighted by Gasteiger charge is -2.22. The maximum Gasteiger partial charge on any atom is 0.322 e. The Balaban J connectivity index is 2.93. The van der Waals surface area contributed by atoms with Crippen LogP contribution >= 0.6 is 11.8 Å². The van der Waals surface area contributed by atoms with Crippen LogP contribution in [-0.2, 0) is 24.6 Å². The molecule has 8 N–H and O–H groups in total. The molecule has 12 heteroatoms. The van der Waals surface area contributed by atoms with E-state index in [0.29, 0.717) is 5.56 Å². The number of thioether (sulfide) groups is 1. The fourth-order valence-electron chi connectivity index (χ4n) is 2.59. The molecule has 0 heterocycles. The van der Waals surface area contributed by atoms with Crippen LogP contribution in [0.3, 0.4) is 0 Å². The van der Waals surface area contributed by atoms with Crippen molar-refractivity contribution in [3.63, 3.8) is 0 Å². The van der Waals surface area contributed by atoms with E-state index in [-0.39, 0.29) is 35.0 Å². The van der Waals surface area contributed by atoms with E-state index in [1.54, 1.807) is 0 Å². The molecule has 0 fully saturated rings. The number of aliphatic carboxylic acids is 2. The van der Waals surface area contributed by atoms with Gasteiger partial charge in [-0.1, -0.05) is 20.8 Å². The third-order valence-electron chi connectivity index (χ3n) is 4.36. The average molecular weight is 472 g/mol. The number of hydrogen-bond acceptors (Lipinski definition) is 8. The molecule has 0 bridgehead atoms. The van der Waals surface area contributed by atoms with Crippen molar-refractivity contribution in [1.82, 2.24) is 10.6 Å². The highest BCUT2D eigenvalue weighted by Gasteiger charge is 2.25. The quantitative estimate of drug-likeness (QED) is 0.175. The molecule has 11 nitrogen and oxygen atoms in total. The molecular formula is C20H29N3O8S. The molecule has 2 atom stereocenters. The van der Waals surface area contributed by atoms with Crippen LogP contribution in [0.15, 0.2) is 17.0 Å². The van der Waals surface area contributed by atoms with Crippen LogP contribution in [0, 0.1) is 0 Å². The van der Waals surface area contributed by atoms with E-state index in [4.69, 9.17) is 15.9 Å². The molecule has 0 saturated heterocycles. The standard InChI is InChI=1S/C20H29N3O8S/c1-20(2,3)10-6-14(25)15(7-13(10)24)32-9-12(18(29)22-8-17(27)28)23-16(26)5-4-11(21)19(30)31/h6-7,11-12,24-25H,4-5,8-9,21H2,1-3H3,(H,22,29)(H,23,26)(H,27,28)(H,30,31)/t11-,12-/m0/s1. The summed E-state index contributed by atoms with van der Waals surface area (Å²) in [5.74, 6) is -4.22. The number of carbonyl (C=O) groups excluding carboxylic acids is 2. The molecule has 1 rings (SSSR count). The Morgan fingerprint density at radius 3 is 2.25 bits per heavy atom. The van der Waals surface area contributed by atoms with E-state index in [1.165, 1.54) is 12.1 Å². The maximum absolute atomic E-state index is 12.4. The van der Waals surface area contributed by atoms with Gasteiger partial charge < -0.3 is 36.8 Å². The lowest BCUT2D eigenvalue weighted by molar-refractivity contribution is -0.139. The highest BCUT2D eigenvalue weighted by Crippen LogP contribution is 2.39. The average Bonchev–Trinajstić information content (AvgIpc) is 2.68. The van der Waals surface area contributed by atoms with Gasteiger partial charge in [0.25, 0.3) is 0 Å². The number of phenols is 2. The third-order valence-corrected chi connectivity index (χ3v) is 5.49. The van der Waals surface area contributed by atoms with E-state index in [9.17, 15) is 29.4 Å². The van der Waals surface area contributed by atoms with Crippen molar-refractivity contribution in [3.05, 3.63) is 17.7 Å². The number of phenolic OH excluding ortho intramolecular Hbond substituents is 2. The SMILES string of the molecule is CC(C)(C)c1cc(O)c(SC[C@H](NC(=O)CC[C@H](N)C(=O)O)C(=O)NCC(=O)O)cc1O. The molecule has 0 saturated carbocycles. The van der Waals surface area contributed by atoms with Crippen LogP contribution in [0.2, 0.25) is 0 Å². The second kappa shape index (κ2) is 11.6. The van der Waals surface area contributed by atoms with Crippen LogP contribution in [0.4, 0.5) is 0 Å². The van der Waals surface area contributed by atoms with Gasteiger partial charge in [-0.15, -0.1) is 11.8 Å². The fourth-order valence-corrected chi connectivity index (χ4v) is 3.58. The Hall–Kier alpha value is -2.99. The summed E-state index contributed by atoms with van der Waals surface area (Å²) in [6, 6.07) is 0.344. The molecule has 0 spiro atoms. The van der Waals surface area contributed by atoms with Crippen LogP contribution in [-0.4, -0.2) is 68.6 Å². The van der Waals surface area contributed by atoms with Crippen LogP contribution < -0.4 is 16.4 Å². The normalized spacial score (nSPS) is 13.1. The fraction of sp³-hybridized carbons (Fsp3) is 0.500. The van der Waals surface area contributed by atoms with Gasteiger partial charge >= 0.3 is 11.9 Å². The lowest BCUT2D eigenvalue weighted by Crippen LogP contribution is -2.49. The van der Waals surface area contributed by atoms with E-state index in [0.717, 1.165) is 11.8 Å². The zero-order valence-corrected chi connectivity index (χ0v) is 18.9. The predicted octanol–water partition coefficient (Wildman–Crippen LogP) is 0.365. The molecule has 1 aromatic carbocycles. The zero-order valence-electron chi connectivity index (χ0n) is 18.0. The van der Waals surface area contributed by atoms with Gasteiger partial charge in [0.2, 0.25) is 11.8 Å². The van der Waals surface area contributed by atoms with Gasteiger partial charge in [-0.05, 0) is 24.0 Å². The second-order valence-electron chi connectivity index (χ2n) is 8.11. The lowest BCUT2D eigenvalue weighted by atomic mass is 9.86. The van der Waals surface area contributed by atoms with E-state index in [1.807, 2.05) is 20.8 Å². The van der Waals surface area contributed by atoms with Gasteiger partial charge in [0.05, 0.1) is 4.90 Å². The molecule has 32 heavy (non-hydrogen) atoms. The first-order valence-corrected chi connectivity index (χ1v) is 10.7. The van der Waals surface area contributed by atoms with Crippen LogP contribution in [0.25, 0.3) is 0 Å². The van der Waals surface area contributed by atoms with Gasteiger partial charge in [-0.25, -0.2) is 0 Å². The van der Waals surface area contributed by atoms with Crippen molar-refractivity contribution < 1.29 is 39.6 Å². The number of benzene rings is 1. The highest BCUT2D eigenvalue weighted by atomic mass is 32.2. The Morgan fingerprint density at radius 2 is 1.72 bits per heavy atom. The molecule has 0 aliphatic rings. The molecule has 2 amide bonds. The molecular weight excluding hydrogens is 442 g/mol. The first kappa shape index (κ1) is 27.0. The molecule has 0 aromatic heterocycles. The molecule has 178 valence electrons. The zero-order chi connectivity index (χ0) is 24.6. The van der Waals surface area contributed by atoms with Crippen molar-refractivity contribution >= 4 is 35.5 Å². The summed E-state index contributed by atoms with van der Waals surface area (Å²) in [4.78, 5) is 46.3. The minimum Gasteiger partial charge on any atom is -0.508 e. The summed E-state index contributed by atoms with van der Waals surface area (Å²) >= 11 is 0.971. The number of aromatic hydroxyl groups is 2. The second-order valence-corrected chi connectivity index (χ2v) is 9.17. The number of nitrogens with one attached hydrogen (secondary N) is 2. The first-order valence-electron chi connectivity index (χ1n) is 9.68. The molecule has 1 aromatic rings. The summed E-state index contributed by atoms with van der Waals surface area (Å²) < 4.78 is 0. The third kappa shape index (κ3) is 8.63. The molecule has 0 unspecified atom stereocenters. The number of carbonyl (C=O) groups is 4. The smallest absolute Gasteiger partial charge is 0.322 e. The largest absolute Gasteiger partial charge is 0.508 e. The van der Waals surface area contributed by atoms with Crippen molar-refractivity contribution in [2.75, 3.05) is 12.3 Å². The van der Waals surface area contributed by atoms with E-state index >= 15 is 0 Å². The minimum absolute atomic E-state index is 0.0450. The highest BCUT2D eigenvalue weighted by molar-refractivity contribution is 7.99. The topological polar surface area (TPSA) is 199 Å². The number of nitrogens with two attached hydrogens (primary N) is 1. The minimum atomic E-state index is -1.27. The summed E-state index contributed by atoms with van der Waals surface area (Å²) in [6.45, 7) is 4.93. The number of amides is 2. The number of hydrogen-bond donors (Lipinski definition) is 7. The Labute approximate surface area is 189 Å². The predicted molar refractivity (Wildman–Crippen MR) is 117 cm³/mol. The Kier molecular flexibility index (Phi) is 9.79. The summed E-state index contributed by atoms with van der Waals surface area (Å²) in [6.07, 6.45) is -0.409. The summed E-state index contributed by atoms with van der Waals surface area (Å²) in [5.41, 5.74) is 5.47. The van der Waals surface area contributed by atoms with Gasteiger partial charge in [0.1, 0.15) is 30.1 Å². The first-order chi connectivity index (χ1) is 14.7. The Bertz CT molecular complexity index is 869. The monoisotopic (exact) mass is 471 g/mol. The molecule has 0 radical (unpaired) electrons.